The third kappa shape index (κ3) is 4.41. The van der Waals surface area contributed by atoms with Crippen LogP contribution >= 0.6 is 27.5 Å². The van der Waals surface area contributed by atoms with Gasteiger partial charge in [-0.15, -0.1) is 0 Å². The SMILES string of the molecule is C[Si](C)(C)CCOCn1c(-c2ccccc2F)nc(Cl)c1Br. The quantitative estimate of drug-likeness (QED) is 0.474. The molecule has 0 bridgehead atoms. The Morgan fingerprint density at radius 1 is 1.32 bits per heavy atom. The molecule has 0 aliphatic rings. The molecule has 120 valence electrons. The van der Waals surface area contributed by atoms with E-state index in [9.17, 15) is 4.39 Å². The topological polar surface area (TPSA) is 27.1 Å². The largest absolute Gasteiger partial charge is 0.361 e. The normalized spacial score (nSPS) is 11.9. The Morgan fingerprint density at radius 3 is 2.64 bits per heavy atom. The van der Waals surface area contributed by atoms with Crippen LogP contribution in [0.2, 0.25) is 30.8 Å². The Morgan fingerprint density at radius 2 is 2.00 bits per heavy atom. The van der Waals surface area contributed by atoms with Gasteiger partial charge in [0.25, 0.3) is 0 Å². The Balaban J connectivity index is 2.19. The van der Waals surface area contributed by atoms with Crippen LogP contribution in [-0.4, -0.2) is 24.2 Å². The second-order valence-corrected chi connectivity index (χ2v) is 13.0. The van der Waals surface area contributed by atoms with Gasteiger partial charge in [-0.25, -0.2) is 9.37 Å². The molecule has 0 spiro atoms. The van der Waals surface area contributed by atoms with Gasteiger partial charge < -0.3 is 4.74 Å². The molecule has 1 heterocycles. The number of rotatable bonds is 6. The van der Waals surface area contributed by atoms with Crippen molar-refractivity contribution in [1.29, 1.82) is 0 Å². The van der Waals surface area contributed by atoms with Gasteiger partial charge in [-0.3, -0.25) is 4.57 Å². The van der Waals surface area contributed by atoms with Crippen molar-refractivity contribution in [2.24, 2.45) is 0 Å². The molecule has 0 saturated carbocycles. The highest BCUT2D eigenvalue weighted by atomic mass is 79.9. The van der Waals surface area contributed by atoms with Crippen LogP contribution in [0.4, 0.5) is 4.39 Å². The summed E-state index contributed by atoms with van der Waals surface area (Å²) in [5.41, 5.74) is 0.406. The minimum Gasteiger partial charge on any atom is -0.361 e. The molecule has 22 heavy (non-hydrogen) atoms. The number of hydrogen-bond acceptors (Lipinski definition) is 2. The summed E-state index contributed by atoms with van der Waals surface area (Å²) in [5.74, 6) is 0.128. The van der Waals surface area contributed by atoms with E-state index in [1.807, 2.05) is 0 Å². The van der Waals surface area contributed by atoms with Crippen molar-refractivity contribution in [3.8, 4) is 11.4 Å². The Hall–Kier alpha value is -0.693. The van der Waals surface area contributed by atoms with Crippen LogP contribution in [0.5, 0.6) is 0 Å². The lowest BCUT2D eigenvalue weighted by Crippen LogP contribution is -2.22. The van der Waals surface area contributed by atoms with E-state index in [1.165, 1.54) is 6.07 Å². The van der Waals surface area contributed by atoms with Gasteiger partial charge in [0.2, 0.25) is 0 Å². The summed E-state index contributed by atoms with van der Waals surface area (Å²) in [6.07, 6.45) is 0. The van der Waals surface area contributed by atoms with Gasteiger partial charge in [-0.05, 0) is 34.1 Å². The maximum atomic E-state index is 14.0. The molecule has 0 radical (unpaired) electrons. The first-order valence-electron chi connectivity index (χ1n) is 7.04. The summed E-state index contributed by atoms with van der Waals surface area (Å²) in [6, 6.07) is 7.57. The van der Waals surface area contributed by atoms with E-state index in [4.69, 9.17) is 16.3 Å². The van der Waals surface area contributed by atoms with Crippen LogP contribution in [0.25, 0.3) is 11.4 Å². The first-order chi connectivity index (χ1) is 10.3. The minimum absolute atomic E-state index is 0.286. The highest BCUT2D eigenvalue weighted by molar-refractivity contribution is 9.10. The smallest absolute Gasteiger partial charge is 0.162 e. The molecule has 2 aromatic rings. The van der Waals surface area contributed by atoms with Gasteiger partial charge in [0, 0.05) is 14.7 Å². The van der Waals surface area contributed by atoms with Gasteiger partial charge in [-0.1, -0.05) is 43.4 Å². The molecule has 1 aromatic carbocycles. The van der Waals surface area contributed by atoms with E-state index in [0.29, 0.717) is 27.8 Å². The number of hydrogen-bond donors (Lipinski definition) is 0. The fraction of sp³-hybridized carbons (Fsp3) is 0.400. The third-order valence-corrected chi connectivity index (χ3v) is 6.20. The zero-order chi connectivity index (χ0) is 16.3. The Bertz CT molecular complexity index is 657. The Kier molecular flexibility index (Phi) is 5.82. The highest BCUT2D eigenvalue weighted by Gasteiger charge is 2.18. The molecule has 0 aliphatic heterocycles. The molecule has 0 fully saturated rings. The van der Waals surface area contributed by atoms with E-state index in [1.54, 1.807) is 22.8 Å². The van der Waals surface area contributed by atoms with Crippen molar-refractivity contribution in [3.63, 3.8) is 0 Å². The maximum Gasteiger partial charge on any atom is 0.162 e. The number of aromatic nitrogens is 2. The number of imidazole rings is 1. The number of ether oxygens (including phenoxy) is 1. The summed E-state index contributed by atoms with van der Waals surface area (Å²) in [7, 11) is -1.14. The summed E-state index contributed by atoms with van der Waals surface area (Å²) >= 11 is 9.46. The van der Waals surface area contributed by atoms with Crippen molar-refractivity contribution < 1.29 is 9.13 Å². The summed E-state index contributed by atoms with van der Waals surface area (Å²) < 4.78 is 22.1. The van der Waals surface area contributed by atoms with Gasteiger partial charge in [-0.2, -0.15) is 0 Å². The fourth-order valence-electron chi connectivity index (χ4n) is 1.90. The van der Waals surface area contributed by atoms with Crippen LogP contribution in [0.3, 0.4) is 0 Å². The van der Waals surface area contributed by atoms with E-state index in [2.05, 4.69) is 40.6 Å². The van der Waals surface area contributed by atoms with Gasteiger partial charge in [0.05, 0.1) is 5.56 Å². The predicted octanol–water partition coefficient (Wildman–Crippen LogP) is 5.42. The molecule has 0 saturated heterocycles. The monoisotopic (exact) mass is 404 g/mol. The maximum absolute atomic E-state index is 14.0. The zero-order valence-electron chi connectivity index (χ0n) is 12.9. The van der Waals surface area contributed by atoms with Crippen molar-refractivity contribution in [3.05, 3.63) is 39.8 Å². The van der Waals surface area contributed by atoms with Crippen LogP contribution in [0, 0.1) is 5.82 Å². The summed E-state index contributed by atoms with van der Waals surface area (Å²) in [6.45, 7) is 7.85. The number of benzene rings is 1. The second kappa shape index (κ2) is 7.25. The third-order valence-electron chi connectivity index (χ3n) is 3.20. The highest BCUT2D eigenvalue weighted by Crippen LogP contribution is 2.30. The number of halogens is 3. The molecule has 0 amide bonds. The van der Waals surface area contributed by atoms with Crippen LogP contribution in [0.15, 0.2) is 28.9 Å². The standard InChI is InChI=1S/C15H19BrClFN2OSi/c1-22(2,3)9-8-21-10-20-13(16)14(17)19-15(20)11-6-4-5-7-12(11)18/h4-7H,8-10H2,1-3H3. The molecule has 0 N–H and O–H groups in total. The van der Waals surface area contributed by atoms with E-state index in [-0.39, 0.29) is 12.5 Å². The minimum atomic E-state index is -1.14. The molecular formula is C15H19BrClFN2OSi. The van der Waals surface area contributed by atoms with Gasteiger partial charge in [0.1, 0.15) is 23.0 Å². The van der Waals surface area contributed by atoms with Crippen LogP contribution < -0.4 is 0 Å². The van der Waals surface area contributed by atoms with Gasteiger partial charge in [0.15, 0.2) is 5.15 Å². The summed E-state index contributed by atoms with van der Waals surface area (Å²) in [4.78, 5) is 4.24. The lowest BCUT2D eigenvalue weighted by Gasteiger charge is -2.16. The average molecular weight is 406 g/mol. The molecule has 1 aromatic heterocycles. The van der Waals surface area contributed by atoms with E-state index >= 15 is 0 Å². The van der Waals surface area contributed by atoms with Crippen molar-refractivity contribution >= 4 is 35.6 Å². The fourth-order valence-corrected chi connectivity index (χ4v) is 3.20. The second-order valence-electron chi connectivity index (χ2n) is 6.27. The molecule has 7 heteroatoms. The molecule has 0 aliphatic carbocycles. The molecule has 0 unspecified atom stereocenters. The molecule has 0 atom stereocenters. The van der Waals surface area contributed by atoms with Crippen molar-refractivity contribution in [2.45, 2.75) is 32.4 Å². The number of nitrogens with zero attached hydrogens (tertiary/aromatic N) is 2. The molecule has 3 nitrogen and oxygen atoms in total. The van der Waals surface area contributed by atoms with Crippen LogP contribution in [-0.2, 0) is 11.5 Å². The Labute approximate surface area is 144 Å². The summed E-state index contributed by atoms with van der Waals surface area (Å²) in [5, 5.41) is 0.298. The molecule has 2 rings (SSSR count). The molecular weight excluding hydrogens is 387 g/mol. The van der Waals surface area contributed by atoms with E-state index < -0.39 is 8.07 Å². The predicted molar refractivity (Wildman–Crippen MR) is 94.4 cm³/mol. The van der Waals surface area contributed by atoms with Gasteiger partial charge >= 0.3 is 0 Å². The van der Waals surface area contributed by atoms with Crippen molar-refractivity contribution in [1.82, 2.24) is 9.55 Å². The van der Waals surface area contributed by atoms with Crippen LogP contribution in [0.1, 0.15) is 0 Å². The zero-order valence-corrected chi connectivity index (χ0v) is 16.2. The lowest BCUT2D eigenvalue weighted by molar-refractivity contribution is 0.0869. The first kappa shape index (κ1) is 17.7. The lowest BCUT2D eigenvalue weighted by atomic mass is 10.2. The first-order valence-corrected chi connectivity index (χ1v) is 11.9. The average Bonchev–Trinajstić information content (AvgIpc) is 2.71. The van der Waals surface area contributed by atoms with E-state index in [0.717, 1.165) is 6.04 Å². The van der Waals surface area contributed by atoms with Crippen molar-refractivity contribution in [2.75, 3.05) is 6.61 Å².